The summed E-state index contributed by atoms with van der Waals surface area (Å²) in [5, 5.41) is 23.0. The van der Waals surface area contributed by atoms with Crippen LogP contribution < -0.4 is 10.6 Å². The fourth-order valence-corrected chi connectivity index (χ4v) is 4.02. The maximum Gasteiger partial charge on any atom is 0.407 e. The monoisotopic (exact) mass is 424 g/mol. The van der Waals surface area contributed by atoms with Crippen molar-refractivity contribution in [1.29, 1.82) is 0 Å². The molecule has 0 unspecified atom stereocenters. The zero-order valence-corrected chi connectivity index (χ0v) is 16.8. The Morgan fingerprint density at radius 2 is 1.61 bits per heavy atom. The minimum Gasteiger partial charge on any atom is -0.480 e. The van der Waals surface area contributed by atoms with Crippen LogP contribution in [0.2, 0.25) is 0 Å². The summed E-state index contributed by atoms with van der Waals surface area (Å²) in [7, 11) is 0. The molecule has 0 saturated heterocycles. The van der Waals surface area contributed by atoms with E-state index in [1.165, 1.54) is 0 Å². The van der Waals surface area contributed by atoms with Crippen LogP contribution in [-0.2, 0) is 14.3 Å². The van der Waals surface area contributed by atoms with Gasteiger partial charge in [-0.15, -0.1) is 0 Å². The summed E-state index contributed by atoms with van der Waals surface area (Å²) in [6, 6.07) is 14.7. The Balaban J connectivity index is 1.33. The summed E-state index contributed by atoms with van der Waals surface area (Å²) in [5.41, 5.74) is 3.64. The molecule has 0 radical (unpaired) electrons. The number of carboxylic acid groups (broad SMARTS) is 1. The van der Waals surface area contributed by atoms with Gasteiger partial charge in [-0.25, -0.2) is 9.59 Å². The quantitative estimate of drug-likeness (QED) is 0.513. The number of amides is 2. The van der Waals surface area contributed by atoms with Gasteiger partial charge in [0.25, 0.3) is 0 Å². The van der Waals surface area contributed by atoms with E-state index in [2.05, 4.69) is 22.8 Å². The number of carboxylic acids is 1. The molecule has 4 rings (SSSR count). The van der Waals surface area contributed by atoms with Crippen molar-refractivity contribution >= 4 is 18.0 Å². The summed E-state index contributed by atoms with van der Waals surface area (Å²) in [5.74, 6) is -1.86. The molecular weight excluding hydrogens is 400 g/mol. The smallest absolute Gasteiger partial charge is 0.407 e. The molecule has 31 heavy (non-hydrogen) atoms. The number of carbonyl (C=O) groups excluding carboxylic acids is 2. The summed E-state index contributed by atoms with van der Waals surface area (Å²) in [4.78, 5) is 35.7. The van der Waals surface area contributed by atoms with E-state index in [-0.39, 0.29) is 19.1 Å². The molecule has 2 amide bonds. The largest absolute Gasteiger partial charge is 0.480 e. The van der Waals surface area contributed by atoms with Crippen LogP contribution in [0.5, 0.6) is 0 Å². The van der Waals surface area contributed by atoms with E-state index in [1.54, 1.807) is 0 Å². The molecule has 1 atom stereocenters. The van der Waals surface area contributed by atoms with E-state index in [0.717, 1.165) is 22.3 Å². The number of fused-ring (bicyclic) bond motifs is 3. The van der Waals surface area contributed by atoms with Crippen molar-refractivity contribution in [1.82, 2.24) is 10.6 Å². The predicted octanol–water partition coefficient (Wildman–Crippen LogP) is 1.87. The summed E-state index contributed by atoms with van der Waals surface area (Å²) in [6.45, 7) is -0.477. The van der Waals surface area contributed by atoms with Gasteiger partial charge in [-0.1, -0.05) is 48.5 Å². The summed E-state index contributed by atoms with van der Waals surface area (Å²) >= 11 is 0. The topological polar surface area (TPSA) is 125 Å². The first-order valence-electron chi connectivity index (χ1n) is 10.2. The van der Waals surface area contributed by atoms with Crippen molar-refractivity contribution in [3.63, 3.8) is 0 Å². The van der Waals surface area contributed by atoms with Crippen LogP contribution in [0.25, 0.3) is 11.1 Å². The second-order valence-electron chi connectivity index (χ2n) is 8.01. The highest BCUT2D eigenvalue weighted by Gasteiger charge is 2.50. The number of nitrogens with one attached hydrogen (secondary N) is 2. The average molecular weight is 424 g/mol. The SMILES string of the molecule is O=C(NCC1(C(=O)N[C@@H](CO)C(=O)O)CC1)OCC1c2ccccc2-c2ccccc21. The van der Waals surface area contributed by atoms with E-state index >= 15 is 0 Å². The van der Waals surface area contributed by atoms with Gasteiger partial charge in [0.05, 0.1) is 12.0 Å². The van der Waals surface area contributed by atoms with E-state index in [1.807, 2.05) is 36.4 Å². The number of hydrogen-bond donors (Lipinski definition) is 4. The number of alkyl carbamates (subject to hydrolysis) is 1. The molecule has 2 aromatic carbocycles. The van der Waals surface area contributed by atoms with Gasteiger partial charge in [-0.2, -0.15) is 0 Å². The average Bonchev–Trinajstić information content (AvgIpc) is 3.51. The number of aliphatic carboxylic acids is 1. The van der Waals surface area contributed by atoms with Gasteiger partial charge in [0.1, 0.15) is 12.6 Å². The van der Waals surface area contributed by atoms with E-state index in [9.17, 15) is 14.4 Å². The van der Waals surface area contributed by atoms with Gasteiger partial charge in [0, 0.05) is 12.5 Å². The molecule has 2 aromatic rings. The molecule has 0 aliphatic heterocycles. The molecule has 0 heterocycles. The van der Waals surface area contributed by atoms with Crippen molar-refractivity contribution in [3.05, 3.63) is 59.7 Å². The molecule has 0 aromatic heterocycles. The van der Waals surface area contributed by atoms with E-state index < -0.39 is 36.0 Å². The molecule has 1 saturated carbocycles. The first kappa shape index (κ1) is 20.9. The summed E-state index contributed by atoms with van der Waals surface area (Å²) < 4.78 is 5.47. The van der Waals surface area contributed by atoms with Crippen LogP contribution in [0.1, 0.15) is 29.9 Å². The normalized spacial score (nSPS) is 16.5. The molecule has 2 aliphatic carbocycles. The van der Waals surface area contributed by atoms with E-state index in [4.69, 9.17) is 14.9 Å². The van der Waals surface area contributed by atoms with Crippen LogP contribution in [0.4, 0.5) is 4.79 Å². The maximum absolute atomic E-state index is 12.4. The number of ether oxygens (including phenoxy) is 1. The highest BCUT2D eigenvalue weighted by molar-refractivity contribution is 5.90. The van der Waals surface area contributed by atoms with Crippen LogP contribution >= 0.6 is 0 Å². The minimum atomic E-state index is -1.36. The second-order valence-corrected chi connectivity index (χ2v) is 8.01. The van der Waals surface area contributed by atoms with Gasteiger partial charge in [-0.05, 0) is 35.1 Å². The molecule has 162 valence electrons. The third-order valence-electron chi connectivity index (χ3n) is 6.04. The predicted molar refractivity (Wildman–Crippen MR) is 111 cm³/mol. The number of aliphatic hydroxyl groups is 1. The molecular formula is C23H24N2O6. The standard InChI is InChI=1S/C23H24N2O6/c26-11-19(20(27)28)25-21(29)23(9-10-23)13-24-22(30)31-12-18-16-7-3-1-5-14(16)15-6-2-4-8-17(15)18/h1-8,18-19,26H,9-13H2,(H,24,30)(H,25,29)(H,27,28)/t19-/m0/s1. The Morgan fingerprint density at radius 3 is 2.13 bits per heavy atom. The summed E-state index contributed by atoms with van der Waals surface area (Å²) in [6.07, 6.45) is 0.429. The second kappa shape index (κ2) is 8.39. The van der Waals surface area contributed by atoms with Crippen molar-refractivity contribution < 1.29 is 29.3 Å². The van der Waals surface area contributed by atoms with Gasteiger partial charge < -0.3 is 25.6 Å². The third-order valence-corrected chi connectivity index (χ3v) is 6.04. The Morgan fingerprint density at radius 1 is 1.03 bits per heavy atom. The van der Waals surface area contributed by atoms with Gasteiger partial charge in [0.15, 0.2) is 0 Å². The first-order chi connectivity index (χ1) is 14.9. The highest BCUT2D eigenvalue weighted by atomic mass is 16.5. The molecule has 1 fully saturated rings. The zero-order valence-electron chi connectivity index (χ0n) is 16.8. The van der Waals surface area contributed by atoms with Crippen LogP contribution in [0.3, 0.4) is 0 Å². The fraction of sp³-hybridized carbons (Fsp3) is 0.348. The molecule has 0 spiro atoms. The van der Waals surface area contributed by atoms with Crippen LogP contribution in [0, 0.1) is 5.41 Å². The molecule has 4 N–H and O–H groups in total. The molecule has 8 nitrogen and oxygen atoms in total. The van der Waals surface area contributed by atoms with Crippen LogP contribution in [-0.4, -0.2) is 54.0 Å². The molecule has 0 bridgehead atoms. The lowest BCUT2D eigenvalue weighted by molar-refractivity contribution is -0.143. The van der Waals surface area contributed by atoms with Crippen LogP contribution in [0.15, 0.2) is 48.5 Å². The van der Waals surface area contributed by atoms with Gasteiger partial charge in [0.2, 0.25) is 5.91 Å². The van der Waals surface area contributed by atoms with Gasteiger partial charge >= 0.3 is 12.1 Å². The number of rotatable bonds is 8. The Hall–Kier alpha value is -3.39. The minimum absolute atomic E-state index is 0.0489. The fourth-order valence-electron chi connectivity index (χ4n) is 4.02. The lowest BCUT2D eigenvalue weighted by atomic mass is 9.98. The maximum atomic E-state index is 12.4. The first-order valence-corrected chi connectivity index (χ1v) is 10.2. The van der Waals surface area contributed by atoms with E-state index in [0.29, 0.717) is 12.8 Å². The number of benzene rings is 2. The number of aliphatic hydroxyl groups excluding tert-OH is 1. The van der Waals surface area contributed by atoms with Crippen molar-refractivity contribution in [3.8, 4) is 11.1 Å². The van der Waals surface area contributed by atoms with Crippen molar-refractivity contribution in [2.24, 2.45) is 5.41 Å². The van der Waals surface area contributed by atoms with Crippen molar-refractivity contribution in [2.45, 2.75) is 24.8 Å². The lowest BCUT2D eigenvalue weighted by Crippen LogP contribution is -2.49. The Kier molecular flexibility index (Phi) is 5.65. The third kappa shape index (κ3) is 4.11. The highest BCUT2D eigenvalue weighted by Crippen LogP contribution is 2.46. The van der Waals surface area contributed by atoms with Gasteiger partial charge in [-0.3, -0.25) is 4.79 Å². The number of carbonyl (C=O) groups is 3. The number of hydrogen-bond acceptors (Lipinski definition) is 5. The van der Waals surface area contributed by atoms with Crippen molar-refractivity contribution in [2.75, 3.05) is 19.8 Å². The molecule has 8 heteroatoms. The zero-order chi connectivity index (χ0) is 22.0. The lowest BCUT2D eigenvalue weighted by Gasteiger charge is -2.19. The Bertz CT molecular complexity index is 971. The molecule has 2 aliphatic rings. The Labute approximate surface area is 179 Å².